The van der Waals surface area contributed by atoms with Crippen LogP contribution in [0.1, 0.15) is 179 Å². The Balaban J connectivity index is 0.000000158. The highest BCUT2D eigenvalue weighted by Crippen LogP contribution is 2.55. The fraction of sp³-hybridized carbons (Fsp3) is 0.235. The number of anilines is 6. The fourth-order valence-electron chi connectivity index (χ4n) is 18.8. The van der Waals surface area contributed by atoms with Crippen molar-refractivity contribution in [2.75, 3.05) is 9.80 Å². The molecule has 0 bridgehead atoms. The molecule has 0 saturated heterocycles. The van der Waals surface area contributed by atoms with E-state index in [1.807, 2.05) is 0 Å². The van der Waals surface area contributed by atoms with Crippen molar-refractivity contribution in [1.82, 2.24) is 9.13 Å². The van der Waals surface area contributed by atoms with Gasteiger partial charge in [0.15, 0.2) is 0 Å². The van der Waals surface area contributed by atoms with Crippen LogP contribution in [0.4, 0.5) is 34.1 Å². The summed E-state index contributed by atoms with van der Waals surface area (Å²) in [4.78, 5) is 4.92. The van der Waals surface area contributed by atoms with Gasteiger partial charge in [-0.05, 0) is 374 Å². The molecule has 119 heavy (non-hydrogen) atoms. The highest BCUT2D eigenvalue weighted by Gasteiger charge is 2.31. The first-order chi connectivity index (χ1) is 56.6. The molecule has 0 aliphatic heterocycles. The highest BCUT2D eigenvalue weighted by atomic mass is 15.2. The van der Waals surface area contributed by atoms with Crippen molar-refractivity contribution in [1.29, 1.82) is 0 Å². The van der Waals surface area contributed by atoms with E-state index in [4.69, 9.17) is 0 Å². The van der Waals surface area contributed by atoms with E-state index in [0.29, 0.717) is 5.92 Å². The van der Waals surface area contributed by atoms with Crippen molar-refractivity contribution in [2.24, 2.45) is 0 Å². The average Bonchev–Trinajstić information content (AvgIpc) is 1.73. The van der Waals surface area contributed by atoms with E-state index in [2.05, 4.69) is 443 Å². The zero-order valence-electron chi connectivity index (χ0n) is 73.4. The van der Waals surface area contributed by atoms with E-state index in [1.54, 1.807) is 0 Å². The van der Waals surface area contributed by atoms with Crippen molar-refractivity contribution in [3.8, 4) is 55.9 Å². The van der Waals surface area contributed by atoms with Crippen molar-refractivity contribution in [2.45, 2.75) is 178 Å². The minimum atomic E-state index is 0.0413. The van der Waals surface area contributed by atoms with Crippen molar-refractivity contribution >= 4 is 121 Å². The predicted molar refractivity (Wildman–Crippen MR) is 516 cm³/mol. The van der Waals surface area contributed by atoms with Crippen LogP contribution in [-0.2, 0) is 27.1 Å². The van der Waals surface area contributed by atoms with Crippen LogP contribution < -0.4 is 9.80 Å². The first-order valence-corrected chi connectivity index (χ1v) is 43.0. The second-order valence-electron chi connectivity index (χ2n) is 40.0. The normalized spacial score (nSPS) is 12.8. The summed E-state index contributed by atoms with van der Waals surface area (Å²) < 4.78 is 4.95. The molecule has 2 aromatic heterocycles. The first-order valence-electron chi connectivity index (χ1n) is 43.0. The number of fused-ring (bicyclic) bond motifs is 18. The predicted octanol–water partition coefficient (Wildman–Crippen LogP) is 33.3. The third-order valence-corrected chi connectivity index (χ3v) is 26.2. The molecule has 16 aromatic carbocycles. The number of nitrogens with zero attached hydrogens (tertiary/aromatic N) is 4. The Labute approximate surface area is 704 Å². The lowest BCUT2D eigenvalue weighted by Gasteiger charge is -2.31. The van der Waals surface area contributed by atoms with Crippen LogP contribution in [0, 0.1) is 27.7 Å². The van der Waals surface area contributed by atoms with E-state index in [-0.39, 0.29) is 27.1 Å². The molecule has 18 aromatic rings. The van der Waals surface area contributed by atoms with E-state index < -0.39 is 0 Å². The number of aromatic nitrogens is 2. The van der Waals surface area contributed by atoms with Gasteiger partial charge in [0.1, 0.15) is 0 Å². The van der Waals surface area contributed by atoms with Crippen LogP contribution in [-0.4, -0.2) is 9.13 Å². The maximum Gasteiger partial charge on any atom is 0.0541 e. The number of para-hydroxylation sites is 2. The molecule has 20 rings (SSSR count). The maximum absolute atomic E-state index is 2.48. The molecule has 0 saturated carbocycles. The van der Waals surface area contributed by atoms with Gasteiger partial charge in [-0.15, -0.1) is 0 Å². The monoisotopic (exact) mass is 1550 g/mol. The van der Waals surface area contributed by atoms with Gasteiger partial charge in [-0.2, -0.15) is 0 Å². The lowest BCUT2D eigenvalue weighted by molar-refractivity contribution is 0.590. The summed E-state index contributed by atoms with van der Waals surface area (Å²) in [6.07, 6.45) is 0. The Hall–Kier alpha value is -12.2. The molecule has 0 spiro atoms. The lowest BCUT2D eigenvalue weighted by Crippen LogP contribution is -2.16. The second kappa shape index (κ2) is 27.7. The SMILES string of the molecule is Cc1ccccc1N(c1ccc2cc3c(cc2c1)-c1cc2cc(-n4c5ccc(C(C)(C)C)cc5c5cc(C(C)(C)C)ccc54)ccc2cc1-3)c1cc(C(C)(C)C)ccc1C.Cc1ccccc1N(c1ccc2cc3c(cc2c1)-c1cc2cc(-n4c5ccc(C(C)(C)C)cc5c5cc(C(C)(C)C)ccc54)ccc2cc1-3)c1cc(C(C)C)ccc1C. The third-order valence-electron chi connectivity index (χ3n) is 26.2. The Bertz CT molecular complexity index is 7130. The zero-order valence-corrected chi connectivity index (χ0v) is 73.4. The van der Waals surface area contributed by atoms with Crippen molar-refractivity contribution < 1.29 is 0 Å². The molecular weight excluding hydrogens is 1440 g/mol. The van der Waals surface area contributed by atoms with Gasteiger partial charge in [0.2, 0.25) is 0 Å². The average molecular weight is 1550 g/mol. The molecule has 0 atom stereocenters. The largest absolute Gasteiger partial charge is 0.310 e. The lowest BCUT2D eigenvalue weighted by atomic mass is 9.78. The molecule has 0 unspecified atom stereocenters. The number of benzene rings is 16. The second-order valence-corrected chi connectivity index (χ2v) is 40.0. The molecule has 2 aliphatic carbocycles. The van der Waals surface area contributed by atoms with Crippen molar-refractivity contribution in [3.63, 3.8) is 0 Å². The van der Waals surface area contributed by atoms with Gasteiger partial charge in [0.05, 0.1) is 22.1 Å². The Morgan fingerprint density at radius 2 is 0.496 bits per heavy atom. The molecule has 4 heteroatoms. The minimum Gasteiger partial charge on any atom is -0.310 e. The smallest absolute Gasteiger partial charge is 0.0541 e. The van der Waals surface area contributed by atoms with Gasteiger partial charge in [-0.3, -0.25) is 0 Å². The number of aryl methyl sites for hydroxylation is 4. The highest BCUT2D eigenvalue weighted by molar-refractivity contribution is 6.16. The number of hydrogen-bond acceptors (Lipinski definition) is 2. The van der Waals surface area contributed by atoms with Crippen LogP contribution in [0.15, 0.2) is 279 Å². The topological polar surface area (TPSA) is 16.3 Å². The van der Waals surface area contributed by atoms with E-state index >= 15 is 0 Å². The molecule has 4 nitrogen and oxygen atoms in total. The molecule has 2 aliphatic rings. The van der Waals surface area contributed by atoms with Gasteiger partial charge in [0.25, 0.3) is 0 Å². The van der Waals surface area contributed by atoms with Crippen LogP contribution >= 0.6 is 0 Å². The maximum atomic E-state index is 2.48. The summed E-state index contributed by atoms with van der Waals surface area (Å²) in [7, 11) is 0. The van der Waals surface area contributed by atoms with Gasteiger partial charge < -0.3 is 18.9 Å². The standard InChI is InChI=1S/C58H56N2.C57H54N2/c1-35-14-12-13-15-52(35)59(55-34-43(58(9,10)11)19-16-36(55)2)44-22-17-37-28-46-47-29-38-18-23-45(27-40(38)31-49(47)48(46)30-39(37)26-44)60-53-24-20-41(56(3,4)5)32-50(53)51-33-42(57(6,7)8)21-25-54(51)60;1-34(2)37-16-15-36(4)55(31-37)58(52-14-12-11-13-35(52)3)44-21-17-38-27-46-47-28-39-18-22-45(26-41(39)30-49(47)48(46)29-40(38)25-44)59-53-23-19-42(56(5,6)7)32-50(53)51-33-43(57(8,9)10)20-24-54(51)59/h12-34H,1-11H3;11-34H,1-10H3. The Kier molecular flexibility index (Phi) is 17.8. The minimum absolute atomic E-state index is 0.0413. The molecule has 0 N–H and O–H groups in total. The van der Waals surface area contributed by atoms with Gasteiger partial charge in [0, 0.05) is 67.0 Å². The number of hydrogen-bond donors (Lipinski definition) is 0. The summed E-state index contributed by atoms with van der Waals surface area (Å²) in [5, 5.41) is 15.4. The summed E-state index contributed by atoms with van der Waals surface area (Å²) in [5.41, 5.74) is 38.7. The van der Waals surface area contributed by atoms with Crippen LogP contribution in [0.2, 0.25) is 0 Å². The first kappa shape index (κ1) is 76.7. The molecule has 0 radical (unpaired) electrons. The third kappa shape index (κ3) is 13.2. The molecule has 590 valence electrons. The zero-order chi connectivity index (χ0) is 83.2. The molecular formula is C115H110N4. The summed E-state index contributed by atoms with van der Waals surface area (Å²) >= 11 is 0. The Morgan fingerprint density at radius 3 is 0.815 bits per heavy atom. The summed E-state index contributed by atoms with van der Waals surface area (Å²) in [6.45, 7) is 48.0. The fourth-order valence-corrected chi connectivity index (χ4v) is 18.8. The van der Waals surface area contributed by atoms with Gasteiger partial charge in [-0.25, -0.2) is 0 Å². The van der Waals surface area contributed by atoms with Crippen LogP contribution in [0.5, 0.6) is 0 Å². The molecule has 0 fully saturated rings. The molecule has 2 heterocycles. The van der Waals surface area contributed by atoms with Crippen molar-refractivity contribution in [3.05, 3.63) is 335 Å². The summed E-state index contributed by atoms with van der Waals surface area (Å²) in [6, 6.07) is 107. The Morgan fingerprint density at radius 1 is 0.227 bits per heavy atom. The number of rotatable bonds is 9. The van der Waals surface area contributed by atoms with Crippen LogP contribution in [0.25, 0.3) is 143 Å². The van der Waals surface area contributed by atoms with E-state index in [1.165, 1.54) is 232 Å². The van der Waals surface area contributed by atoms with Gasteiger partial charge in [-0.1, -0.05) is 227 Å². The van der Waals surface area contributed by atoms with E-state index in [9.17, 15) is 0 Å². The van der Waals surface area contributed by atoms with Gasteiger partial charge >= 0.3 is 0 Å². The van der Waals surface area contributed by atoms with E-state index in [0.717, 1.165) is 0 Å². The quantitative estimate of drug-likeness (QED) is 0.143. The molecule has 0 amide bonds. The summed E-state index contributed by atoms with van der Waals surface area (Å²) in [5.74, 6) is 0.445. The van der Waals surface area contributed by atoms with Crippen LogP contribution in [0.3, 0.4) is 0 Å².